The van der Waals surface area contributed by atoms with Crippen molar-refractivity contribution < 1.29 is 4.79 Å². The van der Waals surface area contributed by atoms with Gasteiger partial charge in [0.25, 0.3) is 0 Å². The molecule has 4 nitrogen and oxygen atoms in total. The van der Waals surface area contributed by atoms with Crippen molar-refractivity contribution in [3.63, 3.8) is 0 Å². The van der Waals surface area contributed by atoms with Gasteiger partial charge in [0.15, 0.2) is 0 Å². The third-order valence-corrected chi connectivity index (χ3v) is 5.75. The molecule has 1 aromatic rings. The van der Waals surface area contributed by atoms with Crippen molar-refractivity contribution in [2.45, 2.75) is 32.2 Å². The summed E-state index contributed by atoms with van der Waals surface area (Å²) in [5.41, 5.74) is 1.42. The lowest BCUT2D eigenvalue weighted by atomic mass is 10.1. The molecular formula is C17H27N3OS. The lowest BCUT2D eigenvalue weighted by Gasteiger charge is -2.38. The zero-order valence-corrected chi connectivity index (χ0v) is 14.4. The zero-order chi connectivity index (χ0) is 15.4. The summed E-state index contributed by atoms with van der Waals surface area (Å²) in [4.78, 5) is 19.3. The average molecular weight is 321 g/mol. The second-order valence-corrected chi connectivity index (χ2v) is 7.27. The van der Waals surface area contributed by atoms with Crippen molar-refractivity contribution in [2.24, 2.45) is 0 Å². The highest BCUT2D eigenvalue weighted by atomic mass is 32.1. The number of rotatable bonds is 4. The highest BCUT2D eigenvalue weighted by Crippen LogP contribution is 2.23. The van der Waals surface area contributed by atoms with Crippen LogP contribution in [0.15, 0.2) is 16.8 Å². The number of amides is 1. The van der Waals surface area contributed by atoms with E-state index in [-0.39, 0.29) is 0 Å². The van der Waals surface area contributed by atoms with Gasteiger partial charge in [0, 0.05) is 45.3 Å². The molecular weight excluding hydrogens is 294 g/mol. The van der Waals surface area contributed by atoms with E-state index in [9.17, 15) is 4.79 Å². The average Bonchev–Trinajstić information content (AvgIpc) is 3.10. The summed E-state index contributed by atoms with van der Waals surface area (Å²) in [5.74, 6) is 0.332. The summed E-state index contributed by atoms with van der Waals surface area (Å²) in [6.07, 6.45) is 3.64. The number of carbonyl (C=O) groups excluding carboxylic acids is 1. The van der Waals surface area contributed by atoms with Gasteiger partial charge >= 0.3 is 0 Å². The lowest BCUT2D eigenvalue weighted by molar-refractivity contribution is -0.133. The van der Waals surface area contributed by atoms with E-state index in [0.717, 1.165) is 39.3 Å². The van der Waals surface area contributed by atoms with E-state index in [1.54, 1.807) is 11.3 Å². The van der Waals surface area contributed by atoms with Gasteiger partial charge in [-0.3, -0.25) is 14.6 Å². The van der Waals surface area contributed by atoms with Crippen LogP contribution in [0.1, 0.15) is 37.8 Å². The number of carbonyl (C=O) groups is 1. The van der Waals surface area contributed by atoms with Gasteiger partial charge in [-0.2, -0.15) is 11.3 Å². The Hall–Kier alpha value is -0.910. The number of piperidine rings is 1. The Labute approximate surface area is 137 Å². The molecule has 0 N–H and O–H groups in total. The highest BCUT2D eigenvalue weighted by Gasteiger charge is 2.25. The first-order valence-corrected chi connectivity index (χ1v) is 9.44. The standard InChI is InChI=1S/C17H27N3OS/c1-15(16-5-12-22-14-16)19-10-8-18(9-11-19)13-17(21)20-6-3-2-4-7-20/h5,12,14-15H,2-4,6-11,13H2,1H3/t15-/m1/s1. The SMILES string of the molecule is C[C@H](c1ccsc1)N1CCN(CC(=O)N2CCCCC2)CC1. The fourth-order valence-electron chi connectivity index (χ4n) is 3.47. The topological polar surface area (TPSA) is 26.8 Å². The molecule has 2 saturated heterocycles. The van der Waals surface area contributed by atoms with Gasteiger partial charge in [-0.05, 0) is 48.6 Å². The molecule has 2 aliphatic rings. The Morgan fingerprint density at radius 2 is 1.86 bits per heavy atom. The molecule has 0 saturated carbocycles. The first-order chi connectivity index (χ1) is 10.7. The molecule has 1 atom stereocenters. The fourth-order valence-corrected chi connectivity index (χ4v) is 4.21. The van der Waals surface area contributed by atoms with Gasteiger partial charge in [-0.15, -0.1) is 0 Å². The van der Waals surface area contributed by atoms with E-state index in [4.69, 9.17) is 0 Å². The molecule has 1 amide bonds. The largest absolute Gasteiger partial charge is 0.342 e. The Morgan fingerprint density at radius 1 is 1.14 bits per heavy atom. The molecule has 0 aromatic carbocycles. The Bertz CT molecular complexity index is 462. The molecule has 5 heteroatoms. The van der Waals surface area contributed by atoms with Crippen molar-refractivity contribution in [1.29, 1.82) is 0 Å². The Kier molecular flexibility index (Phi) is 5.50. The van der Waals surface area contributed by atoms with Crippen LogP contribution in [0.25, 0.3) is 0 Å². The maximum absolute atomic E-state index is 12.3. The molecule has 2 aliphatic heterocycles. The first-order valence-electron chi connectivity index (χ1n) is 8.50. The van der Waals surface area contributed by atoms with Crippen molar-refractivity contribution in [3.05, 3.63) is 22.4 Å². The second-order valence-electron chi connectivity index (χ2n) is 6.49. The first kappa shape index (κ1) is 16.0. The molecule has 0 unspecified atom stereocenters. The van der Waals surface area contributed by atoms with Gasteiger partial charge in [0.1, 0.15) is 0 Å². The Morgan fingerprint density at radius 3 is 2.50 bits per heavy atom. The van der Waals surface area contributed by atoms with Gasteiger partial charge in [-0.25, -0.2) is 0 Å². The molecule has 122 valence electrons. The minimum absolute atomic E-state index is 0.332. The van der Waals surface area contributed by atoms with Crippen LogP contribution in [-0.2, 0) is 4.79 Å². The summed E-state index contributed by atoms with van der Waals surface area (Å²) in [5, 5.41) is 4.40. The molecule has 0 aliphatic carbocycles. The zero-order valence-electron chi connectivity index (χ0n) is 13.5. The van der Waals surface area contributed by atoms with E-state index in [0.29, 0.717) is 18.5 Å². The normalized spacial score (nSPS) is 22.7. The van der Waals surface area contributed by atoms with Gasteiger partial charge in [0.05, 0.1) is 6.54 Å². The quantitative estimate of drug-likeness (QED) is 0.852. The van der Waals surface area contributed by atoms with Crippen molar-refractivity contribution in [1.82, 2.24) is 14.7 Å². The third-order valence-electron chi connectivity index (χ3n) is 5.05. The van der Waals surface area contributed by atoms with Crippen molar-refractivity contribution in [2.75, 3.05) is 45.8 Å². The highest BCUT2D eigenvalue weighted by molar-refractivity contribution is 7.07. The monoisotopic (exact) mass is 321 g/mol. The van der Waals surface area contributed by atoms with Crippen LogP contribution in [0.5, 0.6) is 0 Å². The number of hydrogen-bond acceptors (Lipinski definition) is 4. The van der Waals surface area contributed by atoms with Crippen LogP contribution in [0.2, 0.25) is 0 Å². The Balaban J connectivity index is 1.44. The summed E-state index contributed by atoms with van der Waals surface area (Å²) in [6, 6.07) is 2.72. The van der Waals surface area contributed by atoms with Crippen LogP contribution in [0, 0.1) is 0 Å². The second kappa shape index (κ2) is 7.57. The molecule has 22 heavy (non-hydrogen) atoms. The summed E-state index contributed by atoms with van der Waals surface area (Å²) < 4.78 is 0. The lowest BCUT2D eigenvalue weighted by Crippen LogP contribution is -2.51. The number of piperazine rings is 1. The summed E-state index contributed by atoms with van der Waals surface area (Å²) in [6.45, 7) is 8.97. The number of hydrogen-bond donors (Lipinski definition) is 0. The van der Waals surface area contributed by atoms with Crippen LogP contribution in [-0.4, -0.2) is 66.4 Å². The van der Waals surface area contributed by atoms with Crippen molar-refractivity contribution in [3.8, 4) is 0 Å². The van der Waals surface area contributed by atoms with Gasteiger partial charge in [-0.1, -0.05) is 0 Å². The predicted molar refractivity (Wildman–Crippen MR) is 91.2 cm³/mol. The smallest absolute Gasteiger partial charge is 0.236 e. The predicted octanol–water partition coefficient (Wildman–Crippen LogP) is 2.44. The van der Waals surface area contributed by atoms with Crippen LogP contribution in [0.3, 0.4) is 0 Å². The molecule has 3 rings (SSSR count). The van der Waals surface area contributed by atoms with E-state index in [2.05, 4.69) is 38.4 Å². The van der Waals surface area contributed by atoms with Crippen LogP contribution < -0.4 is 0 Å². The maximum atomic E-state index is 12.3. The van der Waals surface area contributed by atoms with E-state index >= 15 is 0 Å². The molecule has 0 bridgehead atoms. The molecule has 1 aromatic heterocycles. The maximum Gasteiger partial charge on any atom is 0.236 e. The van der Waals surface area contributed by atoms with E-state index in [1.807, 2.05) is 0 Å². The fraction of sp³-hybridized carbons (Fsp3) is 0.706. The summed E-state index contributed by atoms with van der Waals surface area (Å²) in [7, 11) is 0. The molecule has 2 fully saturated rings. The number of thiophene rings is 1. The van der Waals surface area contributed by atoms with Gasteiger partial charge < -0.3 is 4.90 Å². The minimum atomic E-state index is 0.332. The number of likely N-dealkylation sites (tertiary alicyclic amines) is 1. The van der Waals surface area contributed by atoms with E-state index in [1.165, 1.54) is 24.8 Å². The third kappa shape index (κ3) is 3.89. The van der Waals surface area contributed by atoms with Crippen LogP contribution >= 0.6 is 11.3 Å². The summed E-state index contributed by atoms with van der Waals surface area (Å²) >= 11 is 1.77. The van der Waals surface area contributed by atoms with Crippen LogP contribution in [0.4, 0.5) is 0 Å². The van der Waals surface area contributed by atoms with Gasteiger partial charge in [0.2, 0.25) is 5.91 Å². The minimum Gasteiger partial charge on any atom is -0.342 e. The molecule has 3 heterocycles. The van der Waals surface area contributed by atoms with E-state index < -0.39 is 0 Å². The number of nitrogens with zero attached hydrogens (tertiary/aromatic N) is 3. The molecule has 0 radical (unpaired) electrons. The van der Waals surface area contributed by atoms with Crippen molar-refractivity contribution >= 4 is 17.2 Å². The molecule has 0 spiro atoms.